The molecule has 1 unspecified atom stereocenters. The van der Waals surface area contributed by atoms with Gasteiger partial charge in [-0.05, 0) is 35.7 Å². The van der Waals surface area contributed by atoms with Gasteiger partial charge in [-0.15, -0.1) is 0 Å². The van der Waals surface area contributed by atoms with Crippen molar-refractivity contribution in [2.75, 3.05) is 11.4 Å². The van der Waals surface area contributed by atoms with Crippen LogP contribution in [0.3, 0.4) is 0 Å². The van der Waals surface area contributed by atoms with Crippen LogP contribution in [0, 0.1) is 5.82 Å². The second-order valence-electron chi connectivity index (χ2n) is 5.20. The van der Waals surface area contributed by atoms with Gasteiger partial charge in [-0.3, -0.25) is 4.79 Å². The second-order valence-corrected chi connectivity index (χ2v) is 5.20. The van der Waals surface area contributed by atoms with Gasteiger partial charge in [0.25, 0.3) is 0 Å². The van der Waals surface area contributed by atoms with Crippen LogP contribution in [-0.4, -0.2) is 17.6 Å². The molecule has 108 valence electrons. The molecular formula is C17H16FNO2. The predicted molar refractivity (Wildman–Crippen MR) is 78.5 cm³/mol. The van der Waals surface area contributed by atoms with Gasteiger partial charge in [0.1, 0.15) is 5.82 Å². The Balaban J connectivity index is 1.73. The molecule has 21 heavy (non-hydrogen) atoms. The largest absolute Gasteiger partial charge is 0.388 e. The van der Waals surface area contributed by atoms with Crippen LogP contribution in [0.5, 0.6) is 0 Å². The number of benzene rings is 2. The van der Waals surface area contributed by atoms with Crippen molar-refractivity contribution in [2.45, 2.75) is 18.9 Å². The lowest BCUT2D eigenvalue weighted by molar-refractivity contribution is -0.120. The molecule has 0 aromatic heterocycles. The van der Waals surface area contributed by atoms with Crippen LogP contribution in [-0.2, 0) is 11.2 Å². The van der Waals surface area contributed by atoms with Crippen molar-refractivity contribution in [3.63, 3.8) is 0 Å². The fourth-order valence-corrected chi connectivity index (χ4v) is 2.70. The third-order valence-corrected chi connectivity index (χ3v) is 3.79. The van der Waals surface area contributed by atoms with Gasteiger partial charge in [0.15, 0.2) is 0 Å². The van der Waals surface area contributed by atoms with E-state index in [4.69, 9.17) is 0 Å². The molecule has 2 aromatic rings. The van der Waals surface area contributed by atoms with Crippen molar-refractivity contribution in [1.29, 1.82) is 0 Å². The topological polar surface area (TPSA) is 40.5 Å². The highest BCUT2D eigenvalue weighted by molar-refractivity contribution is 5.95. The SMILES string of the molecule is O=C(CC(O)c1cccc(F)c1)N1CCc2ccccc21. The molecule has 0 fully saturated rings. The van der Waals surface area contributed by atoms with Gasteiger partial charge in [-0.25, -0.2) is 4.39 Å². The highest BCUT2D eigenvalue weighted by Gasteiger charge is 2.26. The minimum absolute atomic E-state index is 0.0439. The highest BCUT2D eigenvalue weighted by atomic mass is 19.1. The molecule has 1 aliphatic heterocycles. The van der Waals surface area contributed by atoms with Crippen LogP contribution < -0.4 is 4.90 Å². The summed E-state index contributed by atoms with van der Waals surface area (Å²) in [5.74, 6) is -0.553. The Kier molecular flexibility index (Phi) is 3.71. The molecule has 1 N–H and O–H groups in total. The van der Waals surface area contributed by atoms with Crippen molar-refractivity contribution in [2.24, 2.45) is 0 Å². The molecule has 0 radical (unpaired) electrons. The van der Waals surface area contributed by atoms with Gasteiger partial charge < -0.3 is 10.0 Å². The quantitative estimate of drug-likeness (QED) is 0.942. The summed E-state index contributed by atoms with van der Waals surface area (Å²) in [6.45, 7) is 0.633. The molecule has 0 aliphatic carbocycles. The average Bonchev–Trinajstić information content (AvgIpc) is 2.91. The first-order valence-electron chi connectivity index (χ1n) is 6.97. The number of hydrogen-bond donors (Lipinski definition) is 1. The zero-order valence-corrected chi connectivity index (χ0v) is 11.5. The Bertz CT molecular complexity index is 671. The van der Waals surface area contributed by atoms with Crippen LogP contribution in [0.1, 0.15) is 23.7 Å². The second kappa shape index (κ2) is 5.66. The number of anilines is 1. The summed E-state index contributed by atoms with van der Waals surface area (Å²) >= 11 is 0. The Morgan fingerprint density at radius 3 is 2.86 bits per heavy atom. The first-order valence-corrected chi connectivity index (χ1v) is 6.97. The van der Waals surface area contributed by atoms with Gasteiger partial charge in [0.05, 0.1) is 12.5 Å². The smallest absolute Gasteiger partial charge is 0.229 e. The number of rotatable bonds is 3. The van der Waals surface area contributed by atoms with E-state index in [1.165, 1.54) is 18.2 Å². The number of fused-ring (bicyclic) bond motifs is 1. The number of nitrogens with zero attached hydrogens (tertiary/aromatic N) is 1. The molecule has 2 aromatic carbocycles. The summed E-state index contributed by atoms with van der Waals surface area (Å²) in [4.78, 5) is 14.0. The van der Waals surface area contributed by atoms with Crippen LogP contribution in [0.25, 0.3) is 0 Å². The monoisotopic (exact) mass is 285 g/mol. The maximum atomic E-state index is 13.2. The Labute approximate surface area is 122 Å². The predicted octanol–water partition coefficient (Wildman–Crippen LogP) is 2.84. The molecule has 1 heterocycles. The van der Waals surface area contributed by atoms with E-state index in [0.29, 0.717) is 12.1 Å². The molecular weight excluding hydrogens is 269 g/mol. The lowest BCUT2D eigenvalue weighted by atomic mass is 10.1. The standard InChI is InChI=1S/C17H16FNO2/c18-14-6-3-5-13(10-14)16(20)11-17(21)19-9-8-12-4-1-2-7-15(12)19/h1-7,10,16,20H,8-9,11H2. The molecule has 3 nitrogen and oxygen atoms in total. The number of carbonyl (C=O) groups excluding carboxylic acids is 1. The van der Waals surface area contributed by atoms with E-state index in [0.717, 1.165) is 17.7 Å². The van der Waals surface area contributed by atoms with Crippen LogP contribution in [0.4, 0.5) is 10.1 Å². The zero-order chi connectivity index (χ0) is 14.8. The lowest BCUT2D eigenvalue weighted by Gasteiger charge is -2.19. The molecule has 0 bridgehead atoms. The fourth-order valence-electron chi connectivity index (χ4n) is 2.70. The lowest BCUT2D eigenvalue weighted by Crippen LogP contribution is -2.30. The summed E-state index contributed by atoms with van der Waals surface area (Å²) < 4.78 is 13.2. The molecule has 0 spiro atoms. The molecule has 0 saturated heterocycles. The van der Waals surface area contributed by atoms with Gasteiger partial charge in [-0.2, -0.15) is 0 Å². The first kappa shape index (κ1) is 13.8. The third-order valence-electron chi connectivity index (χ3n) is 3.79. The van der Waals surface area contributed by atoms with Crippen molar-refractivity contribution in [3.05, 3.63) is 65.5 Å². The minimum Gasteiger partial charge on any atom is -0.388 e. The number of hydrogen-bond acceptors (Lipinski definition) is 2. The van der Waals surface area contributed by atoms with Gasteiger partial charge >= 0.3 is 0 Å². The van der Waals surface area contributed by atoms with E-state index in [9.17, 15) is 14.3 Å². The number of halogens is 1. The summed E-state index contributed by atoms with van der Waals surface area (Å²) in [6, 6.07) is 13.5. The summed E-state index contributed by atoms with van der Waals surface area (Å²) in [6.07, 6.45) is -0.198. The van der Waals surface area contributed by atoms with Gasteiger partial charge in [0, 0.05) is 12.2 Å². The van der Waals surface area contributed by atoms with Crippen LogP contribution >= 0.6 is 0 Å². The Morgan fingerprint density at radius 1 is 1.24 bits per heavy atom. The maximum absolute atomic E-state index is 13.2. The van der Waals surface area contributed by atoms with Crippen LogP contribution in [0.2, 0.25) is 0 Å². The summed E-state index contributed by atoms with van der Waals surface area (Å²) in [7, 11) is 0. The molecule has 3 rings (SSSR count). The Morgan fingerprint density at radius 2 is 2.05 bits per heavy atom. The Hall–Kier alpha value is -2.20. The maximum Gasteiger partial charge on any atom is 0.229 e. The van der Waals surface area contributed by atoms with Crippen molar-refractivity contribution in [3.8, 4) is 0 Å². The van der Waals surface area contributed by atoms with Crippen LogP contribution in [0.15, 0.2) is 48.5 Å². The molecule has 1 amide bonds. The van der Waals surface area contributed by atoms with Crippen molar-refractivity contribution < 1.29 is 14.3 Å². The highest BCUT2D eigenvalue weighted by Crippen LogP contribution is 2.29. The molecule has 4 heteroatoms. The summed E-state index contributed by atoms with van der Waals surface area (Å²) in [5, 5.41) is 10.1. The van der Waals surface area contributed by atoms with E-state index in [-0.39, 0.29) is 12.3 Å². The fraction of sp³-hybridized carbons (Fsp3) is 0.235. The van der Waals surface area contributed by atoms with E-state index in [1.54, 1.807) is 11.0 Å². The van der Waals surface area contributed by atoms with Crippen molar-refractivity contribution in [1.82, 2.24) is 0 Å². The number of para-hydroxylation sites is 1. The van der Waals surface area contributed by atoms with Gasteiger partial charge in [0.2, 0.25) is 5.91 Å². The van der Waals surface area contributed by atoms with E-state index >= 15 is 0 Å². The van der Waals surface area contributed by atoms with Gasteiger partial charge in [-0.1, -0.05) is 30.3 Å². The number of aliphatic hydroxyl groups excluding tert-OH is 1. The number of aliphatic hydroxyl groups is 1. The number of carbonyl (C=O) groups is 1. The number of amides is 1. The van der Waals surface area contributed by atoms with E-state index in [2.05, 4.69) is 0 Å². The third kappa shape index (κ3) is 2.81. The van der Waals surface area contributed by atoms with Crippen molar-refractivity contribution >= 4 is 11.6 Å². The molecule has 0 saturated carbocycles. The zero-order valence-electron chi connectivity index (χ0n) is 11.5. The summed E-state index contributed by atoms with van der Waals surface area (Å²) in [5.41, 5.74) is 2.48. The average molecular weight is 285 g/mol. The van der Waals surface area contributed by atoms with E-state index < -0.39 is 11.9 Å². The normalized spacial score (nSPS) is 14.9. The minimum atomic E-state index is -0.985. The first-order chi connectivity index (χ1) is 10.1. The molecule has 1 atom stereocenters. The van der Waals surface area contributed by atoms with E-state index in [1.807, 2.05) is 24.3 Å². The molecule has 1 aliphatic rings.